The van der Waals surface area contributed by atoms with E-state index >= 15 is 0 Å². The zero-order valence-corrected chi connectivity index (χ0v) is 12.5. The lowest BCUT2D eigenvalue weighted by Crippen LogP contribution is -2.32. The molecule has 0 saturated carbocycles. The molecule has 1 saturated heterocycles. The van der Waals surface area contributed by atoms with Crippen LogP contribution in [0.25, 0.3) is 0 Å². The van der Waals surface area contributed by atoms with E-state index in [-0.39, 0.29) is 5.91 Å². The molecule has 1 aromatic rings. The Labute approximate surface area is 119 Å². The monoisotopic (exact) mass is 280 g/mol. The van der Waals surface area contributed by atoms with Crippen LogP contribution in [0.1, 0.15) is 31.9 Å². The first kappa shape index (κ1) is 15.0. The Bertz CT molecular complexity index is 444. The van der Waals surface area contributed by atoms with Gasteiger partial charge in [0.2, 0.25) is 11.8 Å². The van der Waals surface area contributed by atoms with Crippen LogP contribution in [0, 0.1) is 5.92 Å². The number of carbonyl (C=O) groups excluding carboxylic acids is 1. The molecule has 0 aliphatic carbocycles. The van der Waals surface area contributed by atoms with Crippen LogP contribution in [-0.4, -0.2) is 49.2 Å². The molecule has 2 heterocycles. The SMILES string of the molecule is CNCC1CCN(CC(=O)Nc2cc(C(C)C)no2)C1. The molecule has 6 heteroatoms. The molecule has 20 heavy (non-hydrogen) atoms. The summed E-state index contributed by atoms with van der Waals surface area (Å²) in [6.45, 7) is 7.45. The summed E-state index contributed by atoms with van der Waals surface area (Å²) in [5, 5.41) is 9.88. The van der Waals surface area contributed by atoms with E-state index in [2.05, 4.69) is 20.7 Å². The predicted molar refractivity (Wildman–Crippen MR) is 77.7 cm³/mol. The van der Waals surface area contributed by atoms with Gasteiger partial charge in [0.05, 0.1) is 12.2 Å². The first-order valence-electron chi connectivity index (χ1n) is 7.22. The minimum Gasteiger partial charge on any atom is -0.338 e. The van der Waals surface area contributed by atoms with E-state index in [1.165, 1.54) is 0 Å². The second-order valence-corrected chi connectivity index (χ2v) is 5.77. The van der Waals surface area contributed by atoms with Crippen LogP contribution in [0.5, 0.6) is 0 Å². The lowest BCUT2D eigenvalue weighted by Gasteiger charge is -2.14. The van der Waals surface area contributed by atoms with Crippen LogP contribution in [0.3, 0.4) is 0 Å². The second kappa shape index (κ2) is 6.85. The maximum absolute atomic E-state index is 12.0. The summed E-state index contributed by atoms with van der Waals surface area (Å²) >= 11 is 0. The first-order valence-corrected chi connectivity index (χ1v) is 7.22. The van der Waals surface area contributed by atoms with Gasteiger partial charge in [0.1, 0.15) is 0 Å². The standard InChI is InChI=1S/C14H24N4O2/c1-10(2)12-6-14(20-17-12)16-13(19)9-18-5-4-11(8-18)7-15-3/h6,10-11,15H,4-5,7-9H2,1-3H3,(H,16,19). The van der Waals surface area contributed by atoms with Crippen LogP contribution in [-0.2, 0) is 4.79 Å². The molecule has 1 aromatic heterocycles. The molecular weight excluding hydrogens is 256 g/mol. The summed E-state index contributed by atoms with van der Waals surface area (Å²) < 4.78 is 5.11. The normalized spacial score (nSPS) is 19.7. The van der Waals surface area contributed by atoms with Gasteiger partial charge in [0, 0.05) is 12.6 Å². The Balaban J connectivity index is 1.78. The van der Waals surface area contributed by atoms with Gasteiger partial charge >= 0.3 is 0 Å². The maximum Gasteiger partial charge on any atom is 0.240 e. The van der Waals surface area contributed by atoms with Crippen molar-refractivity contribution >= 4 is 11.8 Å². The molecule has 1 fully saturated rings. The van der Waals surface area contributed by atoms with Crippen molar-refractivity contribution in [2.75, 3.05) is 38.5 Å². The number of anilines is 1. The topological polar surface area (TPSA) is 70.4 Å². The predicted octanol–water partition coefficient (Wildman–Crippen LogP) is 1.28. The molecule has 0 aromatic carbocycles. The molecule has 1 amide bonds. The van der Waals surface area contributed by atoms with E-state index in [0.717, 1.165) is 31.7 Å². The molecule has 1 atom stereocenters. The Morgan fingerprint density at radius 2 is 2.40 bits per heavy atom. The Morgan fingerprint density at radius 3 is 3.05 bits per heavy atom. The minimum absolute atomic E-state index is 0.0402. The highest BCUT2D eigenvalue weighted by Crippen LogP contribution is 2.18. The molecule has 6 nitrogen and oxygen atoms in total. The summed E-state index contributed by atoms with van der Waals surface area (Å²) in [6.07, 6.45) is 1.15. The van der Waals surface area contributed by atoms with Crippen molar-refractivity contribution in [1.29, 1.82) is 0 Å². The fourth-order valence-corrected chi connectivity index (χ4v) is 2.51. The number of carbonyl (C=O) groups is 1. The van der Waals surface area contributed by atoms with Crippen molar-refractivity contribution in [3.05, 3.63) is 11.8 Å². The number of aromatic nitrogens is 1. The summed E-state index contributed by atoms with van der Waals surface area (Å²) in [4.78, 5) is 14.1. The molecule has 0 spiro atoms. The van der Waals surface area contributed by atoms with Gasteiger partial charge in [-0.3, -0.25) is 15.0 Å². The van der Waals surface area contributed by atoms with Gasteiger partial charge in [0.25, 0.3) is 0 Å². The molecule has 2 rings (SSSR count). The molecule has 1 aliphatic rings. The van der Waals surface area contributed by atoms with E-state index in [1.807, 2.05) is 20.9 Å². The largest absolute Gasteiger partial charge is 0.338 e. The zero-order chi connectivity index (χ0) is 14.5. The number of nitrogens with zero attached hydrogens (tertiary/aromatic N) is 2. The summed E-state index contributed by atoms with van der Waals surface area (Å²) in [5.74, 6) is 1.34. The van der Waals surface area contributed by atoms with Gasteiger partial charge in [-0.2, -0.15) is 0 Å². The quantitative estimate of drug-likeness (QED) is 0.821. The van der Waals surface area contributed by atoms with Crippen LogP contribution < -0.4 is 10.6 Å². The van der Waals surface area contributed by atoms with Crippen molar-refractivity contribution < 1.29 is 9.32 Å². The smallest absolute Gasteiger partial charge is 0.240 e. The van der Waals surface area contributed by atoms with E-state index in [9.17, 15) is 4.79 Å². The lowest BCUT2D eigenvalue weighted by atomic mass is 10.1. The average Bonchev–Trinajstić information content (AvgIpc) is 2.99. The number of hydrogen-bond donors (Lipinski definition) is 2. The third kappa shape index (κ3) is 4.05. The highest BCUT2D eigenvalue weighted by molar-refractivity contribution is 5.91. The van der Waals surface area contributed by atoms with Gasteiger partial charge in [0.15, 0.2) is 0 Å². The third-order valence-corrected chi connectivity index (χ3v) is 3.61. The molecule has 0 bridgehead atoms. The Hall–Kier alpha value is -1.40. The maximum atomic E-state index is 12.0. The highest BCUT2D eigenvalue weighted by Gasteiger charge is 2.23. The first-order chi connectivity index (χ1) is 9.58. The summed E-state index contributed by atoms with van der Waals surface area (Å²) in [6, 6.07) is 1.79. The van der Waals surface area contributed by atoms with E-state index in [1.54, 1.807) is 6.07 Å². The van der Waals surface area contributed by atoms with Gasteiger partial charge in [-0.1, -0.05) is 19.0 Å². The number of amides is 1. The number of nitrogens with one attached hydrogen (secondary N) is 2. The molecule has 112 valence electrons. The van der Waals surface area contributed by atoms with Crippen molar-refractivity contribution in [2.45, 2.75) is 26.2 Å². The zero-order valence-electron chi connectivity index (χ0n) is 12.5. The number of likely N-dealkylation sites (tertiary alicyclic amines) is 1. The minimum atomic E-state index is -0.0402. The van der Waals surface area contributed by atoms with E-state index in [0.29, 0.717) is 24.3 Å². The van der Waals surface area contributed by atoms with Crippen LogP contribution >= 0.6 is 0 Å². The average molecular weight is 280 g/mol. The fourth-order valence-electron chi connectivity index (χ4n) is 2.51. The number of hydrogen-bond acceptors (Lipinski definition) is 5. The summed E-state index contributed by atoms with van der Waals surface area (Å²) in [5.41, 5.74) is 0.857. The van der Waals surface area contributed by atoms with Crippen LogP contribution in [0.4, 0.5) is 5.88 Å². The van der Waals surface area contributed by atoms with E-state index < -0.39 is 0 Å². The Morgan fingerprint density at radius 1 is 1.60 bits per heavy atom. The van der Waals surface area contributed by atoms with Gasteiger partial charge in [-0.05, 0) is 38.4 Å². The lowest BCUT2D eigenvalue weighted by molar-refractivity contribution is -0.117. The molecule has 0 radical (unpaired) electrons. The molecular formula is C14H24N4O2. The fraction of sp³-hybridized carbons (Fsp3) is 0.714. The van der Waals surface area contributed by atoms with Crippen LogP contribution in [0.15, 0.2) is 10.6 Å². The van der Waals surface area contributed by atoms with E-state index in [4.69, 9.17) is 4.52 Å². The molecule has 1 aliphatic heterocycles. The summed E-state index contributed by atoms with van der Waals surface area (Å²) in [7, 11) is 1.96. The molecule has 1 unspecified atom stereocenters. The van der Waals surface area contributed by atoms with Gasteiger partial charge in [-0.25, -0.2) is 0 Å². The van der Waals surface area contributed by atoms with Crippen molar-refractivity contribution in [1.82, 2.24) is 15.4 Å². The third-order valence-electron chi connectivity index (χ3n) is 3.61. The highest BCUT2D eigenvalue weighted by atomic mass is 16.5. The second-order valence-electron chi connectivity index (χ2n) is 5.77. The van der Waals surface area contributed by atoms with Gasteiger partial charge in [-0.15, -0.1) is 0 Å². The Kier molecular flexibility index (Phi) is 5.14. The van der Waals surface area contributed by atoms with Crippen LogP contribution in [0.2, 0.25) is 0 Å². The van der Waals surface area contributed by atoms with Gasteiger partial charge < -0.3 is 9.84 Å². The van der Waals surface area contributed by atoms with Crippen molar-refractivity contribution in [2.24, 2.45) is 5.92 Å². The number of rotatable bonds is 6. The molecule has 2 N–H and O–H groups in total. The van der Waals surface area contributed by atoms with Crippen molar-refractivity contribution in [3.8, 4) is 0 Å². The van der Waals surface area contributed by atoms with Crippen molar-refractivity contribution in [3.63, 3.8) is 0 Å².